The monoisotopic (exact) mass is 433 g/mol. The highest BCUT2D eigenvalue weighted by Crippen LogP contribution is 2.64. The van der Waals surface area contributed by atoms with Crippen molar-refractivity contribution in [2.45, 2.75) is 32.7 Å². The molecular weight excluding hydrogens is 402 g/mol. The van der Waals surface area contributed by atoms with Crippen molar-refractivity contribution < 1.29 is 14.7 Å². The van der Waals surface area contributed by atoms with Crippen molar-refractivity contribution in [3.8, 4) is 0 Å². The minimum absolute atomic E-state index is 0.0221. The quantitative estimate of drug-likeness (QED) is 0.787. The first-order chi connectivity index (χ1) is 15.4. The number of benzene rings is 2. The van der Waals surface area contributed by atoms with Crippen molar-refractivity contribution in [3.63, 3.8) is 0 Å². The van der Waals surface area contributed by atoms with E-state index in [-0.39, 0.29) is 30.9 Å². The van der Waals surface area contributed by atoms with Gasteiger partial charge in [0.05, 0.1) is 12.0 Å². The lowest BCUT2D eigenvalue weighted by Gasteiger charge is -2.37. The van der Waals surface area contributed by atoms with E-state index in [0.717, 1.165) is 30.9 Å². The summed E-state index contributed by atoms with van der Waals surface area (Å²) in [5, 5.41) is 9.92. The van der Waals surface area contributed by atoms with Gasteiger partial charge >= 0.3 is 0 Å². The Morgan fingerprint density at radius 2 is 1.81 bits per heavy atom. The van der Waals surface area contributed by atoms with E-state index in [0.29, 0.717) is 19.5 Å². The van der Waals surface area contributed by atoms with Gasteiger partial charge in [-0.15, -0.1) is 0 Å². The third kappa shape index (κ3) is 3.51. The first-order valence-electron chi connectivity index (χ1n) is 11.5. The van der Waals surface area contributed by atoms with Gasteiger partial charge in [0.2, 0.25) is 11.8 Å². The SMILES string of the molecule is Cc1ccc(CN2CCN(C(=O)CN3C(=O)[C@@]4(CO)C[C@H]4c4ccccc43)CC2)cc1C. The molecule has 3 aliphatic rings. The number of piperazine rings is 1. The maximum atomic E-state index is 13.2. The predicted molar refractivity (Wildman–Crippen MR) is 123 cm³/mol. The topological polar surface area (TPSA) is 64.1 Å². The molecule has 1 saturated carbocycles. The Kier molecular flexibility index (Phi) is 5.30. The number of aliphatic hydroxyl groups excluding tert-OH is 1. The summed E-state index contributed by atoms with van der Waals surface area (Å²) < 4.78 is 0. The molecule has 6 heteroatoms. The van der Waals surface area contributed by atoms with Crippen LogP contribution in [0.1, 0.15) is 34.6 Å². The molecule has 0 spiro atoms. The summed E-state index contributed by atoms with van der Waals surface area (Å²) in [4.78, 5) is 32.2. The summed E-state index contributed by atoms with van der Waals surface area (Å²) in [5.74, 6) is -0.0480. The number of rotatable bonds is 5. The molecule has 0 radical (unpaired) electrons. The van der Waals surface area contributed by atoms with Gasteiger partial charge in [-0.05, 0) is 48.6 Å². The van der Waals surface area contributed by atoms with Crippen molar-refractivity contribution in [3.05, 3.63) is 64.7 Å². The highest BCUT2D eigenvalue weighted by Gasteiger charge is 2.65. The molecule has 2 aromatic rings. The molecule has 168 valence electrons. The number of aliphatic hydroxyl groups is 1. The average Bonchev–Trinajstić information content (AvgIpc) is 3.56. The van der Waals surface area contributed by atoms with Crippen LogP contribution in [-0.2, 0) is 16.1 Å². The van der Waals surface area contributed by atoms with E-state index in [1.807, 2.05) is 29.2 Å². The van der Waals surface area contributed by atoms with Crippen LogP contribution in [0.2, 0.25) is 0 Å². The maximum Gasteiger partial charge on any atom is 0.242 e. The fourth-order valence-electron chi connectivity index (χ4n) is 5.31. The second-order valence-electron chi connectivity index (χ2n) is 9.60. The first-order valence-corrected chi connectivity index (χ1v) is 11.5. The molecule has 1 N–H and O–H groups in total. The summed E-state index contributed by atoms with van der Waals surface area (Å²) in [6.07, 6.45) is 0.668. The third-order valence-corrected chi connectivity index (χ3v) is 7.63. The summed E-state index contributed by atoms with van der Waals surface area (Å²) in [7, 11) is 0. The van der Waals surface area contributed by atoms with Crippen LogP contribution in [0.15, 0.2) is 42.5 Å². The number of anilines is 1. The zero-order valence-electron chi connectivity index (χ0n) is 18.9. The summed E-state index contributed by atoms with van der Waals surface area (Å²) in [6.45, 7) is 8.02. The minimum Gasteiger partial charge on any atom is -0.395 e. The van der Waals surface area contributed by atoms with Crippen molar-refractivity contribution in [1.29, 1.82) is 0 Å². The summed E-state index contributed by atoms with van der Waals surface area (Å²) in [6, 6.07) is 14.4. The number of amides is 2. The Balaban J connectivity index is 1.23. The number of carbonyl (C=O) groups is 2. The van der Waals surface area contributed by atoms with Gasteiger partial charge in [-0.3, -0.25) is 14.5 Å². The Labute approximate surface area is 189 Å². The highest BCUT2D eigenvalue weighted by atomic mass is 16.3. The molecule has 0 unspecified atom stereocenters. The van der Waals surface area contributed by atoms with E-state index in [9.17, 15) is 14.7 Å². The highest BCUT2D eigenvalue weighted by molar-refractivity contribution is 6.07. The number of nitrogens with zero attached hydrogens (tertiary/aromatic N) is 3. The molecule has 2 amide bonds. The molecule has 2 atom stereocenters. The third-order valence-electron chi connectivity index (χ3n) is 7.63. The van der Waals surface area contributed by atoms with Crippen LogP contribution >= 0.6 is 0 Å². The molecule has 32 heavy (non-hydrogen) atoms. The van der Waals surface area contributed by atoms with Crippen LogP contribution in [-0.4, -0.2) is 66.1 Å². The second-order valence-corrected chi connectivity index (χ2v) is 9.60. The van der Waals surface area contributed by atoms with Gasteiger partial charge in [0.25, 0.3) is 0 Å². The Bertz CT molecular complexity index is 1060. The molecule has 5 rings (SSSR count). The smallest absolute Gasteiger partial charge is 0.242 e. The minimum atomic E-state index is -0.723. The van der Waals surface area contributed by atoms with Crippen LogP contribution in [0, 0.1) is 19.3 Å². The Morgan fingerprint density at radius 1 is 1.06 bits per heavy atom. The Morgan fingerprint density at radius 3 is 2.53 bits per heavy atom. The molecule has 1 aliphatic carbocycles. The molecule has 2 fully saturated rings. The standard InChI is InChI=1S/C26H31N3O3/c1-18-7-8-20(13-19(18)2)15-27-9-11-28(12-10-27)24(31)16-29-23-6-4-3-5-21(23)22-14-26(22,17-30)25(29)32/h3-8,13,22,30H,9-12,14-17H2,1-2H3/t22-,26+/m0/s1. The molecular formula is C26H31N3O3. The predicted octanol–water partition coefficient (Wildman–Crippen LogP) is 2.46. The van der Waals surface area contributed by atoms with Crippen molar-refractivity contribution >= 4 is 17.5 Å². The number of carbonyl (C=O) groups excluding carboxylic acids is 2. The van der Waals surface area contributed by atoms with Gasteiger partial charge in [-0.1, -0.05) is 36.4 Å². The second kappa shape index (κ2) is 8.01. The van der Waals surface area contributed by atoms with Gasteiger partial charge in [-0.2, -0.15) is 0 Å². The fraction of sp³-hybridized carbons (Fsp3) is 0.462. The zero-order chi connectivity index (χ0) is 22.5. The van der Waals surface area contributed by atoms with Crippen LogP contribution in [0.5, 0.6) is 0 Å². The number of para-hydroxylation sites is 1. The largest absolute Gasteiger partial charge is 0.395 e. The number of hydrogen-bond acceptors (Lipinski definition) is 4. The van der Waals surface area contributed by atoms with E-state index < -0.39 is 5.41 Å². The normalized spacial score (nSPS) is 24.8. The van der Waals surface area contributed by atoms with Crippen LogP contribution < -0.4 is 4.90 Å². The van der Waals surface area contributed by atoms with E-state index in [1.165, 1.54) is 16.7 Å². The molecule has 2 heterocycles. The van der Waals surface area contributed by atoms with Gasteiger partial charge < -0.3 is 14.9 Å². The number of aryl methyl sites for hydroxylation is 2. The molecule has 1 saturated heterocycles. The van der Waals surface area contributed by atoms with E-state index in [2.05, 4.69) is 36.9 Å². The van der Waals surface area contributed by atoms with Gasteiger partial charge in [0.15, 0.2) is 0 Å². The first kappa shape index (κ1) is 21.2. The lowest BCUT2D eigenvalue weighted by atomic mass is 9.92. The Hall–Kier alpha value is -2.70. The van der Waals surface area contributed by atoms with E-state index in [4.69, 9.17) is 0 Å². The zero-order valence-corrected chi connectivity index (χ0v) is 18.9. The van der Waals surface area contributed by atoms with Gasteiger partial charge in [0.1, 0.15) is 6.54 Å². The van der Waals surface area contributed by atoms with Gasteiger partial charge in [0, 0.05) is 44.3 Å². The van der Waals surface area contributed by atoms with Crippen molar-refractivity contribution in [2.75, 3.05) is 44.2 Å². The number of hydrogen-bond donors (Lipinski definition) is 1. The summed E-state index contributed by atoms with van der Waals surface area (Å²) in [5.41, 5.74) is 5.09. The molecule has 0 bridgehead atoms. The lowest BCUT2D eigenvalue weighted by Crippen LogP contribution is -2.53. The van der Waals surface area contributed by atoms with Crippen LogP contribution in [0.4, 0.5) is 5.69 Å². The molecule has 2 aromatic carbocycles. The molecule has 0 aromatic heterocycles. The fourth-order valence-corrected chi connectivity index (χ4v) is 5.31. The average molecular weight is 434 g/mol. The van der Waals surface area contributed by atoms with E-state index >= 15 is 0 Å². The molecule has 2 aliphatic heterocycles. The maximum absolute atomic E-state index is 13.2. The van der Waals surface area contributed by atoms with Crippen molar-refractivity contribution in [2.24, 2.45) is 5.41 Å². The summed E-state index contributed by atoms with van der Waals surface area (Å²) >= 11 is 0. The van der Waals surface area contributed by atoms with E-state index in [1.54, 1.807) is 4.90 Å². The molecule has 6 nitrogen and oxygen atoms in total. The van der Waals surface area contributed by atoms with Crippen LogP contribution in [0.3, 0.4) is 0 Å². The van der Waals surface area contributed by atoms with Crippen molar-refractivity contribution in [1.82, 2.24) is 9.80 Å². The lowest BCUT2D eigenvalue weighted by molar-refractivity contribution is -0.134. The number of fused-ring (bicyclic) bond motifs is 3. The van der Waals surface area contributed by atoms with Gasteiger partial charge in [-0.25, -0.2) is 0 Å². The van der Waals surface area contributed by atoms with Crippen LogP contribution in [0.25, 0.3) is 0 Å².